The van der Waals surface area contributed by atoms with Crippen LogP contribution in [0.1, 0.15) is 27.0 Å². The average molecular weight is 290 g/mol. The molecule has 0 aliphatic rings. The molecule has 0 atom stereocenters. The number of hydrogen-bond acceptors (Lipinski definition) is 4. The Morgan fingerprint density at radius 2 is 1.85 bits per heavy atom. The van der Waals surface area contributed by atoms with Crippen molar-refractivity contribution in [3.05, 3.63) is 45.6 Å². The monoisotopic (exact) mass is 290 g/mol. The zero-order valence-electron chi connectivity index (χ0n) is 11.9. The Kier molecular flexibility index (Phi) is 4.79. The van der Waals surface area contributed by atoms with Gasteiger partial charge in [0.15, 0.2) is 5.78 Å². The Labute approximate surface area is 123 Å². The third-order valence-corrected chi connectivity index (χ3v) is 4.34. The summed E-state index contributed by atoms with van der Waals surface area (Å²) in [6, 6.07) is 9.38. The van der Waals surface area contributed by atoms with Crippen LogP contribution in [0.15, 0.2) is 30.3 Å². The summed E-state index contributed by atoms with van der Waals surface area (Å²) in [5.74, 6) is 1.29. The van der Waals surface area contributed by atoms with Gasteiger partial charge in [0.1, 0.15) is 11.5 Å². The molecule has 0 bridgehead atoms. The molecule has 1 heterocycles. The maximum atomic E-state index is 12.4. The van der Waals surface area contributed by atoms with E-state index in [1.165, 1.54) is 4.88 Å². The number of methoxy groups -OCH3 is 2. The number of Topliss-reactive ketones (excluding diaryl/α,β-unsaturated/α-hetero) is 1. The Hall–Kier alpha value is -1.81. The molecule has 106 valence electrons. The molecule has 4 heteroatoms. The molecular weight excluding hydrogens is 272 g/mol. The van der Waals surface area contributed by atoms with Gasteiger partial charge >= 0.3 is 0 Å². The number of benzene rings is 1. The maximum absolute atomic E-state index is 12.4. The van der Waals surface area contributed by atoms with Gasteiger partial charge in [-0.05, 0) is 36.8 Å². The van der Waals surface area contributed by atoms with Crippen LogP contribution in [0, 0.1) is 0 Å². The number of thiophene rings is 1. The SMILES string of the molecule is CCc1ccc(CC(=O)c2cc(OC)ccc2OC)s1. The number of ether oxygens (including phenoxy) is 2. The molecule has 1 aromatic carbocycles. The standard InChI is InChI=1S/C16H18O3S/c1-4-12-6-7-13(20-12)10-15(17)14-9-11(18-2)5-8-16(14)19-3/h5-9H,4,10H2,1-3H3. The van der Waals surface area contributed by atoms with Gasteiger partial charge in [0.25, 0.3) is 0 Å². The molecule has 0 unspecified atom stereocenters. The van der Waals surface area contributed by atoms with Crippen LogP contribution >= 0.6 is 11.3 Å². The lowest BCUT2D eigenvalue weighted by Gasteiger charge is -2.09. The van der Waals surface area contributed by atoms with Crippen LogP contribution in [0.4, 0.5) is 0 Å². The van der Waals surface area contributed by atoms with Crippen molar-refractivity contribution in [2.75, 3.05) is 14.2 Å². The summed E-state index contributed by atoms with van der Waals surface area (Å²) >= 11 is 1.69. The van der Waals surface area contributed by atoms with Gasteiger partial charge in [-0.1, -0.05) is 6.92 Å². The highest BCUT2D eigenvalue weighted by Gasteiger charge is 2.15. The quantitative estimate of drug-likeness (QED) is 0.760. The number of ketones is 1. The molecule has 0 radical (unpaired) electrons. The van der Waals surface area contributed by atoms with Crippen molar-refractivity contribution in [2.24, 2.45) is 0 Å². The largest absolute Gasteiger partial charge is 0.497 e. The van der Waals surface area contributed by atoms with E-state index in [1.54, 1.807) is 43.8 Å². The average Bonchev–Trinajstić information content (AvgIpc) is 2.94. The van der Waals surface area contributed by atoms with Gasteiger partial charge in [-0.3, -0.25) is 4.79 Å². The van der Waals surface area contributed by atoms with E-state index < -0.39 is 0 Å². The second kappa shape index (κ2) is 6.57. The summed E-state index contributed by atoms with van der Waals surface area (Å²) in [5.41, 5.74) is 0.568. The number of rotatable bonds is 6. The highest BCUT2D eigenvalue weighted by molar-refractivity contribution is 7.12. The summed E-state index contributed by atoms with van der Waals surface area (Å²) < 4.78 is 10.4. The smallest absolute Gasteiger partial charge is 0.171 e. The summed E-state index contributed by atoms with van der Waals surface area (Å²) in [7, 11) is 3.15. The maximum Gasteiger partial charge on any atom is 0.171 e. The van der Waals surface area contributed by atoms with E-state index in [2.05, 4.69) is 13.0 Å². The Balaban J connectivity index is 2.23. The molecule has 0 saturated heterocycles. The normalized spacial score (nSPS) is 10.3. The van der Waals surface area contributed by atoms with E-state index in [9.17, 15) is 4.79 Å². The minimum Gasteiger partial charge on any atom is -0.497 e. The molecular formula is C16H18O3S. The lowest BCUT2D eigenvalue weighted by Crippen LogP contribution is -2.05. The lowest BCUT2D eigenvalue weighted by atomic mass is 10.1. The van der Waals surface area contributed by atoms with E-state index >= 15 is 0 Å². The van der Waals surface area contributed by atoms with Crippen LogP contribution in [0.25, 0.3) is 0 Å². The van der Waals surface area contributed by atoms with Gasteiger partial charge in [0.2, 0.25) is 0 Å². The second-order valence-electron chi connectivity index (χ2n) is 4.39. The van der Waals surface area contributed by atoms with E-state index in [0.29, 0.717) is 23.5 Å². The molecule has 2 aromatic rings. The zero-order chi connectivity index (χ0) is 14.5. The molecule has 0 amide bonds. The van der Waals surface area contributed by atoms with Crippen molar-refractivity contribution in [2.45, 2.75) is 19.8 Å². The highest BCUT2D eigenvalue weighted by atomic mass is 32.1. The van der Waals surface area contributed by atoms with Crippen molar-refractivity contribution in [1.82, 2.24) is 0 Å². The fourth-order valence-corrected chi connectivity index (χ4v) is 2.95. The molecule has 0 saturated carbocycles. The molecule has 0 aliphatic heterocycles. The molecule has 3 nitrogen and oxygen atoms in total. The molecule has 0 N–H and O–H groups in total. The lowest BCUT2D eigenvalue weighted by molar-refractivity contribution is 0.0990. The third kappa shape index (κ3) is 3.20. The first-order valence-electron chi connectivity index (χ1n) is 6.50. The van der Waals surface area contributed by atoms with Crippen molar-refractivity contribution < 1.29 is 14.3 Å². The first kappa shape index (κ1) is 14.6. The van der Waals surface area contributed by atoms with Crippen LogP contribution in [0.5, 0.6) is 11.5 Å². The first-order chi connectivity index (χ1) is 9.67. The van der Waals surface area contributed by atoms with Crippen molar-refractivity contribution >= 4 is 17.1 Å². The van der Waals surface area contributed by atoms with Crippen LogP contribution in [0.3, 0.4) is 0 Å². The van der Waals surface area contributed by atoms with Crippen LogP contribution in [-0.2, 0) is 12.8 Å². The van der Waals surface area contributed by atoms with Gasteiger partial charge in [0.05, 0.1) is 19.8 Å². The predicted molar refractivity (Wildman–Crippen MR) is 81.3 cm³/mol. The molecule has 0 spiro atoms. The van der Waals surface area contributed by atoms with Crippen molar-refractivity contribution in [3.8, 4) is 11.5 Å². The van der Waals surface area contributed by atoms with Crippen LogP contribution in [-0.4, -0.2) is 20.0 Å². The topological polar surface area (TPSA) is 35.5 Å². The molecule has 20 heavy (non-hydrogen) atoms. The molecule has 1 aromatic heterocycles. The predicted octanol–water partition coefficient (Wildman–Crippen LogP) is 3.75. The van der Waals surface area contributed by atoms with Gasteiger partial charge in [-0.2, -0.15) is 0 Å². The van der Waals surface area contributed by atoms with E-state index in [0.717, 1.165) is 11.3 Å². The van der Waals surface area contributed by atoms with Gasteiger partial charge in [0, 0.05) is 16.2 Å². The number of carbonyl (C=O) groups is 1. The summed E-state index contributed by atoms with van der Waals surface area (Å²) in [5, 5.41) is 0. The van der Waals surface area contributed by atoms with Crippen LogP contribution < -0.4 is 9.47 Å². The Morgan fingerprint density at radius 1 is 1.10 bits per heavy atom. The van der Waals surface area contributed by atoms with E-state index in [4.69, 9.17) is 9.47 Å². The first-order valence-corrected chi connectivity index (χ1v) is 7.32. The second-order valence-corrected chi connectivity index (χ2v) is 5.64. The van der Waals surface area contributed by atoms with E-state index in [1.807, 2.05) is 6.07 Å². The zero-order valence-corrected chi connectivity index (χ0v) is 12.8. The summed E-state index contributed by atoms with van der Waals surface area (Å²) in [6.07, 6.45) is 1.40. The molecule has 0 aliphatic carbocycles. The van der Waals surface area contributed by atoms with E-state index in [-0.39, 0.29) is 5.78 Å². The fourth-order valence-electron chi connectivity index (χ4n) is 1.99. The minimum absolute atomic E-state index is 0.0465. The number of aryl methyl sites for hydroxylation is 1. The van der Waals surface area contributed by atoms with Crippen molar-refractivity contribution in [1.29, 1.82) is 0 Å². The Bertz CT molecular complexity index is 602. The van der Waals surface area contributed by atoms with Crippen molar-refractivity contribution in [3.63, 3.8) is 0 Å². The third-order valence-electron chi connectivity index (χ3n) is 3.11. The highest BCUT2D eigenvalue weighted by Crippen LogP contribution is 2.26. The van der Waals surface area contributed by atoms with Gasteiger partial charge in [-0.25, -0.2) is 0 Å². The summed E-state index contributed by atoms with van der Waals surface area (Å²) in [4.78, 5) is 14.8. The number of carbonyl (C=O) groups excluding carboxylic acids is 1. The van der Waals surface area contributed by atoms with Gasteiger partial charge in [-0.15, -0.1) is 11.3 Å². The number of hydrogen-bond donors (Lipinski definition) is 0. The fraction of sp³-hybridized carbons (Fsp3) is 0.312. The summed E-state index contributed by atoms with van der Waals surface area (Å²) in [6.45, 7) is 2.11. The van der Waals surface area contributed by atoms with Crippen LogP contribution in [0.2, 0.25) is 0 Å². The molecule has 0 fully saturated rings. The Morgan fingerprint density at radius 3 is 2.45 bits per heavy atom. The van der Waals surface area contributed by atoms with Gasteiger partial charge < -0.3 is 9.47 Å². The molecule has 2 rings (SSSR count). The minimum atomic E-state index is 0.0465.